The van der Waals surface area contributed by atoms with Crippen LogP contribution in [0.5, 0.6) is 0 Å². The highest BCUT2D eigenvalue weighted by atomic mass is 16.2. The van der Waals surface area contributed by atoms with Crippen molar-refractivity contribution in [1.29, 1.82) is 5.26 Å². The van der Waals surface area contributed by atoms with Crippen LogP contribution < -0.4 is 5.32 Å². The highest BCUT2D eigenvalue weighted by Gasteiger charge is 2.58. The zero-order valence-electron chi connectivity index (χ0n) is 17.5. The van der Waals surface area contributed by atoms with Gasteiger partial charge in [0, 0.05) is 30.0 Å². The predicted octanol–water partition coefficient (Wildman–Crippen LogP) is 3.72. The molecule has 0 spiro atoms. The van der Waals surface area contributed by atoms with Crippen molar-refractivity contribution in [2.75, 3.05) is 5.32 Å². The first-order chi connectivity index (χ1) is 15.1. The summed E-state index contributed by atoms with van der Waals surface area (Å²) >= 11 is 0. The summed E-state index contributed by atoms with van der Waals surface area (Å²) in [5, 5.41) is 16.6. The first-order valence-corrected chi connectivity index (χ1v) is 10.7. The van der Waals surface area contributed by atoms with Crippen LogP contribution >= 0.6 is 0 Å². The van der Waals surface area contributed by atoms with Crippen LogP contribution in [0.4, 0.5) is 5.82 Å². The zero-order valence-corrected chi connectivity index (χ0v) is 17.5. The maximum absolute atomic E-state index is 13.0. The fourth-order valence-corrected chi connectivity index (χ4v) is 4.38. The Kier molecular flexibility index (Phi) is 4.78. The molecule has 5 rings (SSSR count). The van der Waals surface area contributed by atoms with Gasteiger partial charge in [0.2, 0.25) is 5.91 Å². The molecule has 156 valence electrons. The molecule has 1 amide bonds. The number of carbonyl (C=O) groups is 1. The third-order valence-electron chi connectivity index (χ3n) is 6.47. The van der Waals surface area contributed by atoms with Crippen LogP contribution in [-0.4, -0.2) is 25.7 Å². The van der Waals surface area contributed by atoms with E-state index in [1.807, 2.05) is 35.9 Å². The molecular formula is C24H24N6O. The molecule has 31 heavy (non-hydrogen) atoms. The summed E-state index contributed by atoms with van der Waals surface area (Å²) in [4.78, 5) is 21.9. The molecule has 2 heterocycles. The highest BCUT2D eigenvalue weighted by Crippen LogP contribution is 2.57. The van der Waals surface area contributed by atoms with Crippen LogP contribution in [-0.2, 0) is 16.8 Å². The molecule has 7 nitrogen and oxygen atoms in total. The van der Waals surface area contributed by atoms with Crippen molar-refractivity contribution in [2.45, 2.75) is 50.5 Å². The molecule has 0 radical (unpaired) electrons. The van der Waals surface area contributed by atoms with Gasteiger partial charge in [0.15, 0.2) is 5.82 Å². The van der Waals surface area contributed by atoms with Crippen molar-refractivity contribution in [2.24, 2.45) is 5.92 Å². The largest absolute Gasteiger partial charge is 0.310 e. The molecule has 2 aliphatic carbocycles. The summed E-state index contributed by atoms with van der Waals surface area (Å²) in [6.07, 6.45) is 5.45. The predicted molar refractivity (Wildman–Crippen MR) is 115 cm³/mol. The van der Waals surface area contributed by atoms with Gasteiger partial charge in [-0.1, -0.05) is 30.3 Å². The van der Waals surface area contributed by atoms with E-state index in [1.165, 1.54) is 24.6 Å². The molecule has 2 atom stereocenters. The van der Waals surface area contributed by atoms with Crippen LogP contribution in [0.25, 0.3) is 0 Å². The first-order valence-electron chi connectivity index (χ1n) is 10.7. The summed E-state index contributed by atoms with van der Waals surface area (Å²) < 4.78 is 1.99. The Labute approximate surface area is 181 Å². The molecule has 3 aromatic rings. The number of aromatic nitrogens is 4. The lowest BCUT2D eigenvalue weighted by atomic mass is 9.89. The smallest absolute Gasteiger partial charge is 0.229 e. The second kappa shape index (κ2) is 7.62. The van der Waals surface area contributed by atoms with Crippen molar-refractivity contribution >= 4 is 11.7 Å². The zero-order chi connectivity index (χ0) is 21.4. The Morgan fingerprint density at radius 1 is 1.26 bits per heavy atom. The quantitative estimate of drug-likeness (QED) is 0.638. The van der Waals surface area contributed by atoms with Gasteiger partial charge in [-0.05, 0) is 50.3 Å². The lowest BCUT2D eigenvalue weighted by Gasteiger charge is -2.18. The lowest BCUT2D eigenvalue weighted by Crippen LogP contribution is -2.23. The molecule has 7 heteroatoms. The molecule has 0 aliphatic heterocycles. The molecular weight excluding hydrogens is 388 g/mol. The van der Waals surface area contributed by atoms with Crippen molar-refractivity contribution in [3.63, 3.8) is 0 Å². The Hall–Kier alpha value is -3.53. The van der Waals surface area contributed by atoms with E-state index in [1.54, 1.807) is 12.1 Å². The van der Waals surface area contributed by atoms with Crippen molar-refractivity contribution in [3.05, 3.63) is 71.4 Å². The van der Waals surface area contributed by atoms with Gasteiger partial charge in [0.05, 0.1) is 5.56 Å². The number of amides is 1. The topological polar surface area (TPSA) is 96.5 Å². The minimum absolute atomic E-state index is 0.0324. The number of nitriles is 1. The normalized spacial score (nSPS) is 22.0. The number of nitrogens with zero attached hydrogens (tertiary/aromatic N) is 5. The standard InChI is InChI=1S/C24H24N6O/c1-16-27-22(18-8-9-18)29-30(16)12-11-24(19-5-3-2-4-6-19)13-20(24)23(31)28-21-10-7-17(14-25)15-26-21/h2-7,10,15,18,20H,8-9,11-13H2,1H3,(H,26,28,31)/t20-,24-/m0/s1. The number of anilines is 1. The number of hydrogen-bond donors (Lipinski definition) is 1. The molecule has 1 aromatic carbocycles. The van der Waals surface area contributed by atoms with Crippen LogP contribution in [0.1, 0.15) is 54.4 Å². The SMILES string of the molecule is Cc1nc(C2CC2)nn1CC[C@@]1(c2ccccc2)C[C@H]1C(=O)Nc1ccc(C#N)cn1. The van der Waals surface area contributed by atoms with Crippen LogP contribution in [0.15, 0.2) is 48.7 Å². The number of aryl methyl sites for hydroxylation is 2. The number of pyridine rings is 1. The minimum Gasteiger partial charge on any atom is -0.310 e. The van der Waals surface area contributed by atoms with Crippen LogP contribution in [0, 0.1) is 24.2 Å². The fraction of sp³-hybridized carbons (Fsp3) is 0.375. The molecule has 2 saturated carbocycles. The van der Waals surface area contributed by atoms with E-state index in [9.17, 15) is 4.79 Å². The van der Waals surface area contributed by atoms with Gasteiger partial charge in [-0.3, -0.25) is 9.48 Å². The van der Waals surface area contributed by atoms with E-state index < -0.39 is 0 Å². The van der Waals surface area contributed by atoms with Gasteiger partial charge in [0.25, 0.3) is 0 Å². The van der Waals surface area contributed by atoms with Gasteiger partial charge in [-0.25, -0.2) is 9.97 Å². The maximum Gasteiger partial charge on any atom is 0.229 e. The monoisotopic (exact) mass is 412 g/mol. The van der Waals surface area contributed by atoms with Crippen molar-refractivity contribution in [3.8, 4) is 6.07 Å². The summed E-state index contributed by atoms with van der Waals surface area (Å²) in [5.74, 6) is 2.74. The van der Waals surface area contributed by atoms with Gasteiger partial charge in [-0.15, -0.1) is 0 Å². The Balaban J connectivity index is 1.33. The van der Waals surface area contributed by atoms with E-state index in [2.05, 4.69) is 27.4 Å². The Morgan fingerprint density at radius 3 is 2.74 bits per heavy atom. The molecule has 1 N–H and O–H groups in total. The van der Waals surface area contributed by atoms with Gasteiger partial charge in [0.1, 0.15) is 17.7 Å². The Bertz CT molecular complexity index is 1140. The third-order valence-corrected chi connectivity index (χ3v) is 6.47. The van der Waals surface area contributed by atoms with Crippen molar-refractivity contribution in [1.82, 2.24) is 19.7 Å². The number of nitrogens with one attached hydrogen (secondary N) is 1. The number of benzene rings is 1. The second-order valence-corrected chi connectivity index (χ2v) is 8.58. The van der Waals surface area contributed by atoms with Gasteiger partial charge >= 0.3 is 0 Å². The fourth-order valence-electron chi connectivity index (χ4n) is 4.38. The molecule has 2 aliphatic rings. The number of rotatable bonds is 7. The summed E-state index contributed by atoms with van der Waals surface area (Å²) in [7, 11) is 0. The van der Waals surface area contributed by atoms with Crippen LogP contribution in [0.3, 0.4) is 0 Å². The Morgan fingerprint density at radius 2 is 2.06 bits per heavy atom. The van der Waals surface area contributed by atoms with Gasteiger partial charge < -0.3 is 5.32 Å². The van der Waals surface area contributed by atoms with Gasteiger partial charge in [-0.2, -0.15) is 10.4 Å². The summed E-state index contributed by atoms with van der Waals surface area (Å²) in [6, 6.07) is 15.6. The second-order valence-electron chi connectivity index (χ2n) is 8.58. The average molecular weight is 412 g/mol. The average Bonchev–Trinajstić information content (AvgIpc) is 3.72. The van der Waals surface area contributed by atoms with E-state index in [0.29, 0.717) is 17.3 Å². The summed E-state index contributed by atoms with van der Waals surface area (Å²) in [6.45, 7) is 2.74. The maximum atomic E-state index is 13.0. The van der Waals surface area contributed by atoms with Crippen LogP contribution in [0.2, 0.25) is 0 Å². The molecule has 0 bridgehead atoms. The molecule has 0 unspecified atom stereocenters. The molecule has 0 saturated heterocycles. The third kappa shape index (κ3) is 3.81. The lowest BCUT2D eigenvalue weighted by molar-refractivity contribution is -0.117. The first kappa shape index (κ1) is 19.4. The van der Waals surface area contributed by atoms with E-state index >= 15 is 0 Å². The van der Waals surface area contributed by atoms with Crippen molar-refractivity contribution < 1.29 is 4.79 Å². The highest BCUT2D eigenvalue weighted by molar-refractivity contribution is 5.95. The molecule has 2 aromatic heterocycles. The van der Waals surface area contributed by atoms with E-state index in [4.69, 9.17) is 10.4 Å². The molecule has 2 fully saturated rings. The summed E-state index contributed by atoms with van der Waals surface area (Å²) in [5.41, 5.74) is 1.44. The number of carbonyl (C=O) groups excluding carboxylic acids is 1. The minimum atomic E-state index is -0.212. The number of hydrogen-bond acceptors (Lipinski definition) is 5. The van der Waals surface area contributed by atoms with E-state index in [0.717, 1.165) is 31.0 Å². The van der Waals surface area contributed by atoms with E-state index in [-0.39, 0.29) is 17.2 Å².